The normalized spacial score (nSPS) is 31.2. The molecule has 5 heteroatoms. The maximum absolute atomic E-state index is 14.2. The molecule has 3 atom stereocenters. The lowest BCUT2D eigenvalue weighted by Crippen LogP contribution is -2.40. The zero-order valence-corrected chi connectivity index (χ0v) is 9.80. The second-order valence-corrected chi connectivity index (χ2v) is 4.41. The number of hydrogen-bond acceptors (Lipinski definition) is 4. The van der Waals surface area contributed by atoms with Crippen molar-refractivity contribution in [2.24, 2.45) is 5.92 Å². The maximum atomic E-state index is 14.2. The first-order valence-corrected chi connectivity index (χ1v) is 5.58. The molecule has 18 heavy (non-hydrogen) atoms. The monoisotopic (exact) mass is 252 g/mol. The van der Waals surface area contributed by atoms with E-state index in [2.05, 4.69) is 0 Å². The van der Waals surface area contributed by atoms with E-state index in [1.807, 2.05) is 0 Å². The Balaban J connectivity index is 2.36. The predicted molar refractivity (Wildman–Crippen MR) is 60.7 cm³/mol. The summed E-state index contributed by atoms with van der Waals surface area (Å²) in [6.45, 7) is 0.436. The van der Waals surface area contributed by atoms with Crippen LogP contribution in [0.15, 0.2) is 30.3 Å². The van der Waals surface area contributed by atoms with E-state index >= 15 is 0 Å². The van der Waals surface area contributed by atoms with E-state index in [1.165, 1.54) is 12.1 Å². The Labute approximate surface area is 103 Å². The molecule has 1 N–H and O–H groups in total. The Hall–Kier alpha value is -1.75. The molecule has 0 aliphatic carbocycles. The van der Waals surface area contributed by atoms with E-state index < -0.39 is 36.1 Å². The first-order chi connectivity index (χ1) is 8.48. The highest BCUT2D eigenvalue weighted by atomic mass is 19.1. The third kappa shape index (κ3) is 1.90. The number of benzene rings is 1. The van der Waals surface area contributed by atoms with Crippen LogP contribution in [0.3, 0.4) is 0 Å². The molecule has 0 spiro atoms. The number of aliphatic hydroxyl groups is 1. The van der Waals surface area contributed by atoms with E-state index in [9.17, 15) is 14.0 Å². The van der Waals surface area contributed by atoms with Gasteiger partial charge < -0.3 is 9.84 Å². The van der Waals surface area contributed by atoms with Crippen LogP contribution in [0.1, 0.15) is 17.3 Å². The number of ketones is 1. The number of carbonyl (C=O) groups excluding carboxylic acids is 2. The van der Waals surface area contributed by atoms with Gasteiger partial charge in [0.25, 0.3) is 0 Å². The lowest BCUT2D eigenvalue weighted by atomic mass is 9.83. The van der Waals surface area contributed by atoms with Gasteiger partial charge in [-0.2, -0.15) is 0 Å². The van der Waals surface area contributed by atoms with Crippen LogP contribution in [-0.4, -0.2) is 35.2 Å². The summed E-state index contributed by atoms with van der Waals surface area (Å²) >= 11 is 0. The number of halogens is 1. The van der Waals surface area contributed by atoms with Gasteiger partial charge in [-0.15, -0.1) is 0 Å². The standard InChI is InChI=1S/C13H13FO4/c1-13(14)10(9(7-15)18-12(13)17)11(16)8-5-3-2-4-6-8/h2-6,9-10,15H,7H2,1H3/t9?,10?,13-/m1/s1. The number of aliphatic hydroxyl groups excluding tert-OH is 1. The quantitative estimate of drug-likeness (QED) is 0.647. The van der Waals surface area contributed by atoms with Crippen LogP contribution in [0, 0.1) is 5.92 Å². The number of esters is 1. The SMILES string of the molecule is C[C@]1(F)C(=O)OC(CO)C1C(=O)c1ccccc1. The molecule has 1 fully saturated rings. The number of Topliss-reactive ketones (excluding diaryl/α,β-unsaturated/α-hetero) is 1. The second-order valence-electron chi connectivity index (χ2n) is 4.41. The minimum Gasteiger partial charge on any atom is -0.457 e. The van der Waals surface area contributed by atoms with E-state index in [0.717, 1.165) is 6.92 Å². The highest BCUT2D eigenvalue weighted by Gasteiger charge is 2.58. The highest BCUT2D eigenvalue weighted by Crippen LogP contribution is 2.37. The van der Waals surface area contributed by atoms with Gasteiger partial charge in [-0.05, 0) is 6.92 Å². The topological polar surface area (TPSA) is 63.6 Å². The molecule has 1 heterocycles. The molecule has 0 bridgehead atoms. The molecule has 0 radical (unpaired) electrons. The predicted octanol–water partition coefficient (Wildman–Crippen LogP) is 1.13. The molecule has 1 aliphatic heterocycles. The molecule has 1 aromatic rings. The first-order valence-electron chi connectivity index (χ1n) is 5.58. The van der Waals surface area contributed by atoms with Crippen LogP contribution in [0.4, 0.5) is 4.39 Å². The van der Waals surface area contributed by atoms with E-state index in [4.69, 9.17) is 9.84 Å². The molecule has 2 rings (SSSR count). The van der Waals surface area contributed by atoms with Crippen molar-refractivity contribution in [1.29, 1.82) is 0 Å². The van der Waals surface area contributed by atoms with Crippen LogP contribution < -0.4 is 0 Å². The lowest BCUT2D eigenvalue weighted by molar-refractivity contribution is -0.150. The molecule has 4 nitrogen and oxygen atoms in total. The smallest absolute Gasteiger partial charge is 0.344 e. The molecular formula is C13H13FO4. The summed E-state index contributed by atoms with van der Waals surface area (Å²) in [6, 6.07) is 8.10. The second kappa shape index (κ2) is 4.49. The van der Waals surface area contributed by atoms with E-state index in [-0.39, 0.29) is 0 Å². The Bertz CT molecular complexity index is 469. The number of ether oxygens (including phenoxy) is 1. The molecular weight excluding hydrogens is 239 g/mol. The largest absolute Gasteiger partial charge is 0.457 e. The average molecular weight is 252 g/mol. The molecule has 0 saturated carbocycles. The van der Waals surface area contributed by atoms with Gasteiger partial charge in [0.15, 0.2) is 5.78 Å². The van der Waals surface area contributed by atoms with Crippen molar-refractivity contribution in [2.75, 3.05) is 6.61 Å². The molecule has 1 aromatic carbocycles. The van der Waals surface area contributed by atoms with Crippen molar-refractivity contribution in [3.8, 4) is 0 Å². The van der Waals surface area contributed by atoms with Crippen molar-refractivity contribution in [2.45, 2.75) is 18.7 Å². The molecule has 96 valence electrons. The molecule has 0 amide bonds. The Morgan fingerprint density at radius 2 is 2.06 bits per heavy atom. The van der Waals surface area contributed by atoms with Gasteiger partial charge in [-0.25, -0.2) is 9.18 Å². The van der Waals surface area contributed by atoms with Crippen molar-refractivity contribution in [3.63, 3.8) is 0 Å². The molecule has 1 saturated heterocycles. The van der Waals surface area contributed by atoms with Gasteiger partial charge in [0.1, 0.15) is 12.0 Å². The van der Waals surface area contributed by atoms with Gasteiger partial charge in [0.2, 0.25) is 5.67 Å². The van der Waals surface area contributed by atoms with E-state index in [0.29, 0.717) is 5.56 Å². The van der Waals surface area contributed by atoms with Crippen LogP contribution in [0.5, 0.6) is 0 Å². The van der Waals surface area contributed by atoms with Gasteiger partial charge >= 0.3 is 5.97 Å². The minimum atomic E-state index is -2.40. The number of rotatable bonds is 3. The van der Waals surface area contributed by atoms with Gasteiger partial charge in [-0.3, -0.25) is 4.79 Å². The Morgan fingerprint density at radius 3 is 2.61 bits per heavy atom. The average Bonchev–Trinajstić information content (AvgIpc) is 2.60. The Morgan fingerprint density at radius 1 is 1.44 bits per heavy atom. The summed E-state index contributed by atoms with van der Waals surface area (Å²) in [6.07, 6.45) is -1.12. The van der Waals surface area contributed by atoms with Crippen molar-refractivity contribution < 1.29 is 23.8 Å². The summed E-state index contributed by atoms with van der Waals surface area (Å²) < 4.78 is 18.9. The van der Waals surface area contributed by atoms with Crippen molar-refractivity contribution >= 4 is 11.8 Å². The van der Waals surface area contributed by atoms with Gasteiger partial charge in [-0.1, -0.05) is 30.3 Å². The van der Waals surface area contributed by atoms with Crippen LogP contribution in [0.25, 0.3) is 0 Å². The van der Waals surface area contributed by atoms with Crippen LogP contribution >= 0.6 is 0 Å². The lowest BCUT2D eigenvalue weighted by Gasteiger charge is -2.20. The minimum absolute atomic E-state index is 0.295. The third-order valence-corrected chi connectivity index (χ3v) is 3.13. The summed E-state index contributed by atoms with van der Waals surface area (Å²) in [5.41, 5.74) is -2.11. The van der Waals surface area contributed by atoms with Gasteiger partial charge in [0.05, 0.1) is 6.61 Å². The molecule has 2 unspecified atom stereocenters. The summed E-state index contributed by atoms with van der Waals surface area (Å²) in [5, 5.41) is 9.09. The van der Waals surface area contributed by atoms with Crippen molar-refractivity contribution in [1.82, 2.24) is 0 Å². The fourth-order valence-corrected chi connectivity index (χ4v) is 2.14. The third-order valence-electron chi connectivity index (χ3n) is 3.13. The maximum Gasteiger partial charge on any atom is 0.344 e. The number of hydrogen-bond donors (Lipinski definition) is 1. The zero-order chi connectivity index (χ0) is 13.3. The summed E-state index contributed by atoms with van der Waals surface area (Å²) in [5.74, 6) is -2.95. The summed E-state index contributed by atoms with van der Waals surface area (Å²) in [4.78, 5) is 23.5. The highest BCUT2D eigenvalue weighted by molar-refractivity contribution is 6.03. The number of carbonyl (C=O) groups is 2. The first kappa shape index (κ1) is 12.7. The molecule has 0 aromatic heterocycles. The van der Waals surface area contributed by atoms with Gasteiger partial charge in [0, 0.05) is 5.56 Å². The molecule has 1 aliphatic rings. The summed E-state index contributed by atoms with van der Waals surface area (Å²) in [7, 11) is 0. The number of alkyl halides is 1. The number of cyclic esters (lactones) is 1. The van der Waals surface area contributed by atoms with Crippen molar-refractivity contribution in [3.05, 3.63) is 35.9 Å². The van der Waals surface area contributed by atoms with Crippen LogP contribution in [-0.2, 0) is 9.53 Å². The van der Waals surface area contributed by atoms with Crippen LogP contribution in [0.2, 0.25) is 0 Å². The fraction of sp³-hybridized carbons (Fsp3) is 0.385. The fourth-order valence-electron chi connectivity index (χ4n) is 2.14. The zero-order valence-electron chi connectivity index (χ0n) is 9.80. The van der Waals surface area contributed by atoms with E-state index in [1.54, 1.807) is 18.2 Å². The Kier molecular flexibility index (Phi) is 3.17.